The highest BCUT2D eigenvalue weighted by atomic mass is 32.2. The quantitative estimate of drug-likeness (QED) is 0.746. The third-order valence-corrected chi connectivity index (χ3v) is 3.68. The Morgan fingerprint density at radius 2 is 1.80 bits per heavy atom. The number of halogens is 3. The van der Waals surface area contributed by atoms with Gasteiger partial charge in [0.25, 0.3) is 0 Å². The van der Waals surface area contributed by atoms with Gasteiger partial charge in [-0.3, -0.25) is 0 Å². The fourth-order valence-corrected chi connectivity index (χ4v) is 2.73. The molecule has 1 nitrogen and oxygen atoms in total. The van der Waals surface area contributed by atoms with E-state index in [1.165, 1.54) is 17.8 Å². The number of alkyl halides is 3. The lowest BCUT2D eigenvalue weighted by atomic mass is 10.1. The van der Waals surface area contributed by atoms with Crippen molar-refractivity contribution in [1.29, 1.82) is 0 Å². The molecule has 0 unspecified atom stereocenters. The standard InChI is InChI=1S/C15H22F3NS/c1-10(2)8-19-9-12-5-6-14(20-11(3)4)13(7-12)15(16,17)18/h5-7,10-11,19H,8-9H2,1-4H3. The summed E-state index contributed by atoms with van der Waals surface area (Å²) in [7, 11) is 0. The molecule has 0 saturated carbocycles. The summed E-state index contributed by atoms with van der Waals surface area (Å²) >= 11 is 1.25. The van der Waals surface area contributed by atoms with Crippen molar-refractivity contribution in [2.45, 2.75) is 50.6 Å². The molecule has 1 aromatic carbocycles. The zero-order chi connectivity index (χ0) is 15.3. The molecule has 0 aliphatic rings. The second kappa shape index (κ2) is 7.36. The van der Waals surface area contributed by atoms with Crippen molar-refractivity contribution in [3.8, 4) is 0 Å². The first-order valence-electron chi connectivity index (χ1n) is 6.77. The van der Waals surface area contributed by atoms with E-state index in [9.17, 15) is 13.2 Å². The van der Waals surface area contributed by atoms with Gasteiger partial charge in [0.2, 0.25) is 0 Å². The maximum Gasteiger partial charge on any atom is 0.417 e. The molecule has 1 N–H and O–H groups in total. The molecule has 0 heterocycles. The van der Waals surface area contributed by atoms with Crippen molar-refractivity contribution in [3.63, 3.8) is 0 Å². The highest BCUT2D eigenvalue weighted by Crippen LogP contribution is 2.38. The normalized spacial score (nSPS) is 12.4. The van der Waals surface area contributed by atoms with E-state index in [2.05, 4.69) is 19.2 Å². The summed E-state index contributed by atoms with van der Waals surface area (Å²) in [6.07, 6.45) is -4.30. The van der Waals surface area contributed by atoms with Gasteiger partial charge in [-0.15, -0.1) is 11.8 Å². The molecule has 0 aromatic heterocycles. The van der Waals surface area contributed by atoms with Crippen LogP contribution in [0.4, 0.5) is 13.2 Å². The summed E-state index contributed by atoms with van der Waals surface area (Å²) < 4.78 is 39.3. The minimum absolute atomic E-state index is 0.126. The van der Waals surface area contributed by atoms with Crippen LogP contribution in [-0.2, 0) is 12.7 Å². The monoisotopic (exact) mass is 305 g/mol. The highest BCUT2D eigenvalue weighted by molar-refractivity contribution is 8.00. The predicted molar refractivity (Wildman–Crippen MR) is 79.0 cm³/mol. The second-order valence-corrected chi connectivity index (χ2v) is 7.14. The number of benzene rings is 1. The molecular formula is C15H22F3NS. The summed E-state index contributed by atoms with van der Waals surface area (Å²) in [6.45, 7) is 9.18. The fraction of sp³-hybridized carbons (Fsp3) is 0.600. The van der Waals surface area contributed by atoms with E-state index in [0.29, 0.717) is 22.9 Å². The molecule has 114 valence electrons. The van der Waals surface area contributed by atoms with Gasteiger partial charge in [0.15, 0.2) is 0 Å². The molecule has 1 aromatic rings. The van der Waals surface area contributed by atoms with Crippen LogP contribution in [0.5, 0.6) is 0 Å². The summed E-state index contributed by atoms with van der Waals surface area (Å²) in [5.41, 5.74) is 0.145. The Morgan fingerprint density at radius 1 is 1.15 bits per heavy atom. The van der Waals surface area contributed by atoms with Gasteiger partial charge in [-0.05, 0) is 30.2 Å². The Morgan fingerprint density at radius 3 is 2.30 bits per heavy atom. The fourth-order valence-electron chi connectivity index (χ4n) is 1.77. The van der Waals surface area contributed by atoms with Crippen LogP contribution in [0.15, 0.2) is 23.1 Å². The summed E-state index contributed by atoms with van der Waals surface area (Å²) in [4.78, 5) is 0.306. The van der Waals surface area contributed by atoms with E-state index < -0.39 is 11.7 Å². The number of hydrogen-bond acceptors (Lipinski definition) is 2. The number of nitrogens with one attached hydrogen (secondary N) is 1. The van der Waals surface area contributed by atoms with Gasteiger partial charge < -0.3 is 5.32 Å². The van der Waals surface area contributed by atoms with Gasteiger partial charge >= 0.3 is 6.18 Å². The molecule has 0 amide bonds. The minimum Gasteiger partial charge on any atom is -0.312 e. The van der Waals surface area contributed by atoms with Crippen LogP contribution in [-0.4, -0.2) is 11.8 Å². The van der Waals surface area contributed by atoms with Gasteiger partial charge in [-0.1, -0.05) is 33.8 Å². The number of thioether (sulfide) groups is 1. The lowest BCUT2D eigenvalue weighted by molar-refractivity contribution is -0.139. The Bertz CT molecular complexity index is 428. The van der Waals surface area contributed by atoms with Crippen LogP contribution < -0.4 is 5.32 Å². The van der Waals surface area contributed by atoms with Crippen LogP contribution >= 0.6 is 11.8 Å². The van der Waals surface area contributed by atoms with E-state index in [4.69, 9.17) is 0 Å². The van der Waals surface area contributed by atoms with Gasteiger partial charge in [0.05, 0.1) is 5.56 Å². The van der Waals surface area contributed by atoms with Gasteiger partial charge in [0.1, 0.15) is 0 Å². The Hall–Kier alpha value is -0.680. The largest absolute Gasteiger partial charge is 0.417 e. The predicted octanol–water partition coefficient (Wildman–Crippen LogP) is 4.95. The van der Waals surface area contributed by atoms with Crippen LogP contribution in [0.3, 0.4) is 0 Å². The summed E-state index contributed by atoms with van der Waals surface area (Å²) in [5.74, 6) is 0.479. The molecule has 0 bridgehead atoms. The zero-order valence-corrected chi connectivity index (χ0v) is 13.2. The van der Waals surface area contributed by atoms with Gasteiger partial charge in [0, 0.05) is 16.7 Å². The molecule has 0 fully saturated rings. The third-order valence-electron chi connectivity index (χ3n) is 2.59. The van der Waals surface area contributed by atoms with E-state index in [-0.39, 0.29) is 5.25 Å². The second-order valence-electron chi connectivity index (χ2n) is 5.52. The first-order valence-corrected chi connectivity index (χ1v) is 7.65. The van der Waals surface area contributed by atoms with E-state index >= 15 is 0 Å². The SMILES string of the molecule is CC(C)CNCc1ccc(SC(C)C)c(C(F)(F)F)c1. The smallest absolute Gasteiger partial charge is 0.312 e. The summed E-state index contributed by atoms with van der Waals surface area (Å²) in [6, 6.07) is 4.62. The Balaban J connectivity index is 2.90. The lowest BCUT2D eigenvalue weighted by Crippen LogP contribution is -2.19. The maximum atomic E-state index is 13.1. The molecule has 20 heavy (non-hydrogen) atoms. The van der Waals surface area contributed by atoms with Crippen LogP contribution in [0.1, 0.15) is 38.8 Å². The van der Waals surface area contributed by atoms with E-state index in [1.54, 1.807) is 12.1 Å². The Kier molecular flexibility index (Phi) is 6.40. The molecule has 0 spiro atoms. The highest BCUT2D eigenvalue weighted by Gasteiger charge is 2.33. The number of rotatable bonds is 6. The lowest BCUT2D eigenvalue weighted by Gasteiger charge is -2.16. The molecule has 0 aliphatic carbocycles. The molecule has 0 atom stereocenters. The van der Waals surface area contributed by atoms with E-state index in [0.717, 1.165) is 6.54 Å². The zero-order valence-electron chi connectivity index (χ0n) is 12.3. The van der Waals surface area contributed by atoms with Crippen molar-refractivity contribution in [2.24, 2.45) is 5.92 Å². The van der Waals surface area contributed by atoms with E-state index in [1.807, 2.05) is 13.8 Å². The molecule has 1 rings (SSSR count). The molecular weight excluding hydrogens is 283 g/mol. The topological polar surface area (TPSA) is 12.0 Å². The molecule has 0 aliphatic heterocycles. The van der Waals surface area contributed by atoms with Gasteiger partial charge in [-0.25, -0.2) is 0 Å². The average molecular weight is 305 g/mol. The van der Waals surface area contributed by atoms with Crippen molar-refractivity contribution in [1.82, 2.24) is 5.32 Å². The molecule has 5 heteroatoms. The van der Waals surface area contributed by atoms with Crippen LogP contribution in [0.2, 0.25) is 0 Å². The number of hydrogen-bond donors (Lipinski definition) is 1. The summed E-state index contributed by atoms with van der Waals surface area (Å²) in [5, 5.41) is 3.29. The van der Waals surface area contributed by atoms with Crippen LogP contribution in [0.25, 0.3) is 0 Å². The molecule has 0 saturated heterocycles. The van der Waals surface area contributed by atoms with Crippen LogP contribution in [0, 0.1) is 5.92 Å². The van der Waals surface area contributed by atoms with Crippen molar-refractivity contribution >= 4 is 11.8 Å². The third kappa shape index (κ3) is 5.75. The van der Waals surface area contributed by atoms with Crippen molar-refractivity contribution in [2.75, 3.05) is 6.54 Å². The van der Waals surface area contributed by atoms with Crippen molar-refractivity contribution in [3.05, 3.63) is 29.3 Å². The molecule has 0 radical (unpaired) electrons. The first-order chi connectivity index (χ1) is 9.20. The minimum atomic E-state index is -4.30. The maximum absolute atomic E-state index is 13.1. The van der Waals surface area contributed by atoms with Gasteiger partial charge in [-0.2, -0.15) is 13.2 Å². The van der Waals surface area contributed by atoms with Crippen molar-refractivity contribution < 1.29 is 13.2 Å². The average Bonchev–Trinajstić information content (AvgIpc) is 2.28. The Labute approximate surface area is 123 Å². The first kappa shape index (κ1) is 17.4.